The van der Waals surface area contributed by atoms with Crippen LogP contribution in [0.25, 0.3) is 6.08 Å². The maximum Gasteiger partial charge on any atom is 0.363 e. The zero-order valence-electron chi connectivity index (χ0n) is 17.7. The number of esters is 1. The lowest BCUT2D eigenvalue weighted by atomic mass is 10.1. The number of hydrogen-bond acceptors (Lipinski definition) is 5. The van der Waals surface area contributed by atoms with Gasteiger partial charge in [-0.25, -0.2) is 9.79 Å². The summed E-state index contributed by atoms with van der Waals surface area (Å²) < 4.78 is 20.0. The van der Waals surface area contributed by atoms with Gasteiger partial charge in [-0.05, 0) is 117 Å². The lowest BCUT2D eigenvalue weighted by molar-refractivity contribution is -0.129. The molecular weight excluding hydrogens is 712 g/mol. The molecule has 168 valence electrons. The van der Waals surface area contributed by atoms with E-state index in [-0.39, 0.29) is 5.70 Å². The highest BCUT2D eigenvalue weighted by Crippen LogP contribution is 2.35. The summed E-state index contributed by atoms with van der Waals surface area (Å²) in [4.78, 5) is 16.9. The highest BCUT2D eigenvalue weighted by molar-refractivity contribution is 14.1. The number of benzene rings is 3. The average molecular weight is 730 g/mol. The van der Waals surface area contributed by atoms with Gasteiger partial charge in [0.1, 0.15) is 6.61 Å². The van der Waals surface area contributed by atoms with E-state index in [4.69, 9.17) is 14.2 Å². The predicted molar refractivity (Wildman–Crippen MR) is 149 cm³/mol. The molecule has 8 heteroatoms. The van der Waals surface area contributed by atoms with Gasteiger partial charge in [-0.2, -0.15) is 0 Å². The van der Waals surface area contributed by atoms with E-state index in [1.807, 2.05) is 61.5 Å². The van der Waals surface area contributed by atoms with Gasteiger partial charge in [0.25, 0.3) is 0 Å². The van der Waals surface area contributed by atoms with Crippen molar-refractivity contribution < 1.29 is 19.0 Å². The molecule has 0 saturated heterocycles. The topological polar surface area (TPSA) is 57.1 Å². The summed E-state index contributed by atoms with van der Waals surface area (Å²) in [5.74, 6) is 1.05. The predicted octanol–water partition coefficient (Wildman–Crippen LogP) is 6.90. The van der Waals surface area contributed by atoms with Crippen molar-refractivity contribution in [2.45, 2.75) is 13.5 Å². The van der Waals surface area contributed by atoms with Crippen molar-refractivity contribution in [1.29, 1.82) is 0 Å². The highest BCUT2D eigenvalue weighted by Gasteiger charge is 2.25. The number of hydrogen-bond donors (Lipinski definition) is 0. The third kappa shape index (κ3) is 5.78. The molecule has 0 aliphatic carbocycles. The van der Waals surface area contributed by atoms with E-state index >= 15 is 0 Å². The fourth-order valence-electron chi connectivity index (χ4n) is 3.21. The van der Waals surface area contributed by atoms with Crippen LogP contribution < -0.4 is 9.47 Å². The van der Waals surface area contributed by atoms with E-state index in [2.05, 4.69) is 66.1 Å². The first-order chi connectivity index (χ1) is 15.8. The zero-order chi connectivity index (χ0) is 23.5. The monoisotopic (exact) mass is 729 g/mol. The lowest BCUT2D eigenvalue weighted by Crippen LogP contribution is -2.05. The summed E-state index contributed by atoms with van der Waals surface area (Å²) in [6, 6.07) is 17.5. The number of cyclic esters (lactones) is 1. The zero-order valence-corrected chi connectivity index (χ0v) is 23.6. The number of ether oxygens (including phenoxy) is 3. The first-order valence-corrected chi connectivity index (χ1v) is 12.8. The third-order valence-electron chi connectivity index (χ3n) is 4.85. The molecule has 0 N–H and O–H groups in total. The molecule has 0 spiro atoms. The van der Waals surface area contributed by atoms with Crippen molar-refractivity contribution in [1.82, 2.24) is 0 Å². The van der Waals surface area contributed by atoms with Crippen LogP contribution in [0.2, 0.25) is 0 Å². The fraction of sp³-hybridized carbons (Fsp3) is 0.120. The van der Waals surface area contributed by atoms with Gasteiger partial charge < -0.3 is 14.2 Å². The van der Waals surface area contributed by atoms with Gasteiger partial charge in [0, 0.05) is 13.6 Å². The second-order valence-electron chi connectivity index (χ2n) is 7.25. The molecular formula is C25H18BrI2NO4. The molecule has 0 unspecified atom stereocenters. The number of halogens is 3. The Labute approximate surface area is 227 Å². The molecule has 1 heterocycles. The minimum Gasteiger partial charge on any atom is -0.493 e. The number of carbonyl (C=O) groups is 1. The Hall–Kier alpha value is -1.92. The van der Waals surface area contributed by atoms with Crippen molar-refractivity contribution >= 4 is 79.1 Å². The first kappa shape index (κ1) is 24.2. The van der Waals surface area contributed by atoms with Crippen LogP contribution in [0.3, 0.4) is 0 Å². The van der Waals surface area contributed by atoms with Crippen molar-refractivity contribution in [3.63, 3.8) is 0 Å². The second-order valence-corrected chi connectivity index (χ2v) is 10.5. The van der Waals surface area contributed by atoms with Crippen LogP contribution in [0.15, 0.2) is 69.8 Å². The Morgan fingerprint density at radius 1 is 1.09 bits per heavy atom. The Kier molecular flexibility index (Phi) is 7.75. The molecule has 0 fully saturated rings. The molecule has 0 bridgehead atoms. The standard InChI is InChI=1S/C25H18BrI2NO4/c1-14-8-17(6-7-19(14)27)24-29-21(25(30)33-24)11-16-10-20(28)23(22(12-16)31-2)32-13-15-4-3-5-18(26)9-15/h3-12H,13H2,1-2H3/b21-11-. The Bertz CT molecular complexity index is 1300. The molecule has 1 aliphatic heterocycles. The van der Waals surface area contributed by atoms with Crippen molar-refractivity contribution in [3.8, 4) is 11.5 Å². The summed E-state index contributed by atoms with van der Waals surface area (Å²) in [5, 5.41) is 0. The Morgan fingerprint density at radius 2 is 1.91 bits per heavy atom. The molecule has 0 radical (unpaired) electrons. The summed E-state index contributed by atoms with van der Waals surface area (Å²) >= 11 is 7.94. The van der Waals surface area contributed by atoms with Gasteiger partial charge in [0.05, 0.1) is 10.7 Å². The molecule has 33 heavy (non-hydrogen) atoms. The van der Waals surface area contributed by atoms with Crippen LogP contribution in [-0.2, 0) is 16.1 Å². The molecule has 0 saturated carbocycles. The molecule has 0 aromatic heterocycles. The van der Waals surface area contributed by atoms with Crippen LogP contribution >= 0.6 is 61.1 Å². The van der Waals surface area contributed by atoms with Gasteiger partial charge >= 0.3 is 5.97 Å². The van der Waals surface area contributed by atoms with Gasteiger partial charge in [-0.3, -0.25) is 0 Å². The molecule has 3 aromatic carbocycles. The third-order valence-corrected chi connectivity index (χ3v) is 7.36. The summed E-state index contributed by atoms with van der Waals surface area (Å²) in [6.45, 7) is 2.41. The molecule has 4 rings (SSSR count). The maximum absolute atomic E-state index is 12.4. The highest BCUT2D eigenvalue weighted by atomic mass is 127. The summed E-state index contributed by atoms with van der Waals surface area (Å²) in [7, 11) is 1.59. The fourth-order valence-corrected chi connectivity index (χ4v) is 4.78. The lowest BCUT2D eigenvalue weighted by Gasteiger charge is -2.14. The number of aliphatic imine (C=N–C) groups is 1. The summed E-state index contributed by atoms with van der Waals surface area (Å²) in [5.41, 5.74) is 3.91. The Balaban J connectivity index is 1.59. The SMILES string of the molecule is COc1cc(/C=C2\N=C(c3ccc(I)c(C)c3)OC2=O)cc(I)c1OCc1cccc(Br)c1. The molecule has 1 aliphatic rings. The maximum atomic E-state index is 12.4. The van der Waals surface area contributed by atoms with Crippen molar-refractivity contribution in [2.24, 2.45) is 4.99 Å². The van der Waals surface area contributed by atoms with E-state index in [1.165, 1.54) is 0 Å². The van der Waals surface area contributed by atoms with Crippen molar-refractivity contribution in [3.05, 3.63) is 94.2 Å². The van der Waals surface area contributed by atoms with E-state index in [9.17, 15) is 4.79 Å². The molecule has 0 amide bonds. The second kappa shape index (κ2) is 10.6. The summed E-state index contributed by atoms with van der Waals surface area (Å²) in [6.07, 6.45) is 1.69. The quantitative estimate of drug-likeness (QED) is 0.158. The van der Waals surface area contributed by atoms with Gasteiger partial charge in [0.15, 0.2) is 17.2 Å². The molecule has 5 nitrogen and oxygen atoms in total. The number of methoxy groups -OCH3 is 1. The molecule has 3 aromatic rings. The van der Waals surface area contributed by atoms with E-state index < -0.39 is 5.97 Å². The number of rotatable bonds is 6. The smallest absolute Gasteiger partial charge is 0.363 e. The van der Waals surface area contributed by atoms with E-state index in [0.29, 0.717) is 24.0 Å². The number of carbonyl (C=O) groups excluding carboxylic acids is 1. The largest absolute Gasteiger partial charge is 0.493 e. The van der Waals surface area contributed by atoms with E-state index in [1.54, 1.807) is 13.2 Å². The van der Waals surface area contributed by atoms with Crippen LogP contribution in [0.1, 0.15) is 22.3 Å². The minimum absolute atomic E-state index is 0.238. The first-order valence-electron chi connectivity index (χ1n) is 9.88. The van der Waals surface area contributed by atoms with Crippen LogP contribution in [0.4, 0.5) is 0 Å². The van der Waals surface area contributed by atoms with Gasteiger partial charge in [-0.15, -0.1) is 0 Å². The van der Waals surface area contributed by atoms with Gasteiger partial charge in [0.2, 0.25) is 5.90 Å². The van der Waals surface area contributed by atoms with Crippen molar-refractivity contribution in [2.75, 3.05) is 7.11 Å². The molecule has 0 atom stereocenters. The number of aryl methyl sites for hydroxylation is 1. The van der Waals surface area contributed by atoms with E-state index in [0.717, 1.165) is 33.9 Å². The number of nitrogens with zero attached hydrogens (tertiary/aromatic N) is 1. The average Bonchev–Trinajstić information content (AvgIpc) is 3.14. The van der Waals surface area contributed by atoms with Crippen LogP contribution in [0.5, 0.6) is 11.5 Å². The normalized spacial score (nSPS) is 14.3. The minimum atomic E-state index is -0.481. The van der Waals surface area contributed by atoms with Crippen LogP contribution in [0, 0.1) is 14.1 Å². The Morgan fingerprint density at radius 3 is 2.64 bits per heavy atom. The van der Waals surface area contributed by atoms with Gasteiger partial charge in [-0.1, -0.05) is 28.1 Å². The van der Waals surface area contributed by atoms with Crippen LogP contribution in [-0.4, -0.2) is 19.0 Å².